The minimum Gasteiger partial charge on any atom is -0.362 e. The van der Waals surface area contributed by atoms with Crippen LogP contribution < -0.4 is 0 Å². The van der Waals surface area contributed by atoms with E-state index in [2.05, 4.69) is 0 Å². The molecule has 0 heterocycles. The van der Waals surface area contributed by atoms with E-state index in [0.29, 0.717) is 6.42 Å². The lowest BCUT2D eigenvalue weighted by atomic mass is 10.0. The van der Waals surface area contributed by atoms with Crippen LogP contribution in [0, 0.1) is 5.92 Å². The molecular formula is C6H13FO. The van der Waals surface area contributed by atoms with Crippen LogP contribution >= 0.6 is 0 Å². The van der Waals surface area contributed by atoms with E-state index in [4.69, 9.17) is 5.11 Å². The Morgan fingerprint density at radius 2 is 2.12 bits per heavy atom. The van der Waals surface area contributed by atoms with Gasteiger partial charge in [0.2, 0.25) is 5.85 Å². The van der Waals surface area contributed by atoms with E-state index in [1.165, 1.54) is 6.92 Å². The molecule has 8 heavy (non-hydrogen) atoms. The van der Waals surface area contributed by atoms with Gasteiger partial charge in [-0.25, -0.2) is 4.39 Å². The molecule has 50 valence electrons. The van der Waals surface area contributed by atoms with Gasteiger partial charge in [0, 0.05) is 5.92 Å². The Balaban J connectivity index is 3.62. The van der Waals surface area contributed by atoms with Crippen molar-refractivity contribution in [1.29, 1.82) is 0 Å². The summed E-state index contributed by atoms with van der Waals surface area (Å²) < 4.78 is 12.3. The zero-order valence-corrected chi connectivity index (χ0v) is 5.61. The van der Waals surface area contributed by atoms with Gasteiger partial charge in [-0.05, 0) is 13.3 Å². The monoisotopic (exact) mass is 120 g/mol. The Labute approximate surface area is 49.5 Å². The van der Waals surface area contributed by atoms with Gasteiger partial charge in [-0.1, -0.05) is 13.8 Å². The fourth-order valence-electron chi connectivity index (χ4n) is 0.373. The fraction of sp³-hybridized carbons (Fsp3) is 1.00. The molecule has 0 saturated heterocycles. The molecule has 0 aromatic rings. The topological polar surface area (TPSA) is 20.2 Å². The molecule has 0 aliphatic carbocycles. The van der Waals surface area contributed by atoms with Gasteiger partial charge in [-0.3, -0.25) is 0 Å². The predicted octanol–water partition coefficient (Wildman–Crippen LogP) is 1.71. The average Bonchev–Trinajstić information content (AvgIpc) is 1.62. The van der Waals surface area contributed by atoms with Crippen molar-refractivity contribution in [2.75, 3.05) is 0 Å². The minimum atomic E-state index is -1.99. The number of hydrogen-bond donors (Lipinski definition) is 1. The SMILES string of the molecule is CC[C@@H](C)[C@](C)(O)F. The highest BCUT2D eigenvalue weighted by Gasteiger charge is 2.24. The zero-order chi connectivity index (χ0) is 6.78. The van der Waals surface area contributed by atoms with Crippen LogP contribution in [0.1, 0.15) is 27.2 Å². The molecule has 0 aliphatic rings. The van der Waals surface area contributed by atoms with E-state index >= 15 is 0 Å². The van der Waals surface area contributed by atoms with Gasteiger partial charge in [0.1, 0.15) is 0 Å². The standard InChI is InChI=1S/C6H13FO/c1-4-5(2)6(3,7)8/h5,8H,4H2,1-3H3/t5-,6+/m1/s1. The molecule has 0 radical (unpaired) electrons. The molecule has 1 nitrogen and oxygen atoms in total. The summed E-state index contributed by atoms with van der Waals surface area (Å²) in [4.78, 5) is 0. The molecule has 0 aromatic heterocycles. The predicted molar refractivity (Wildman–Crippen MR) is 31.2 cm³/mol. The number of aliphatic hydroxyl groups is 1. The number of halogens is 1. The van der Waals surface area contributed by atoms with Crippen molar-refractivity contribution in [3.05, 3.63) is 0 Å². The summed E-state index contributed by atoms with van der Waals surface area (Å²) in [6, 6.07) is 0. The first kappa shape index (κ1) is 7.89. The summed E-state index contributed by atoms with van der Waals surface area (Å²) in [6.45, 7) is 4.71. The van der Waals surface area contributed by atoms with Gasteiger partial charge in [0.25, 0.3) is 0 Å². The molecule has 0 aromatic carbocycles. The van der Waals surface area contributed by atoms with E-state index in [-0.39, 0.29) is 5.92 Å². The lowest BCUT2D eigenvalue weighted by molar-refractivity contribution is -0.114. The normalized spacial score (nSPS) is 22.1. The van der Waals surface area contributed by atoms with Gasteiger partial charge in [-0.2, -0.15) is 0 Å². The highest BCUT2D eigenvalue weighted by molar-refractivity contribution is 4.64. The van der Waals surface area contributed by atoms with Crippen LogP contribution in [0.4, 0.5) is 4.39 Å². The first-order valence-corrected chi connectivity index (χ1v) is 2.89. The third kappa shape index (κ3) is 2.26. The third-order valence-electron chi connectivity index (χ3n) is 1.51. The zero-order valence-electron chi connectivity index (χ0n) is 5.61. The van der Waals surface area contributed by atoms with Crippen molar-refractivity contribution in [1.82, 2.24) is 0 Å². The second-order valence-corrected chi connectivity index (χ2v) is 2.33. The molecular weight excluding hydrogens is 107 g/mol. The Morgan fingerprint density at radius 1 is 1.75 bits per heavy atom. The molecule has 0 unspecified atom stereocenters. The Morgan fingerprint density at radius 3 is 2.12 bits per heavy atom. The second kappa shape index (κ2) is 2.44. The summed E-state index contributed by atoms with van der Waals surface area (Å²) >= 11 is 0. The van der Waals surface area contributed by atoms with Crippen molar-refractivity contribution in [3.63, 3.8) is 0 Å². The molecule has 2 heteroatoms. The van der Waals surface area contributed by atoms with Crippen molar-refractivity contribution in [2.45, 2.75) is 33.0 Å². The smallest absolute Gasteiger partial charge is 0.206 e. The van der Waals surface area contributed by atoms with Crippen LogP contribution in [0.5, 0.6) is 0 Å². The molecule has 2 atom stereocenters. The molecule has 0 saturated carbocycles. The van der Waals surface area contributed by atoms with E-state index < -0.39 is 5.85 Å². The summed E-state index contributed by atoms with van der Waals surface area (Å²) in [6.07, 6.45) is 0.670. The lowest BCUT2D eigenvalue weighted by Crippen LogP contribution is -2.25. The quantitative estimate of drug-likeness (QED) is 0.588. The van der Waals surface area contributed by atoms with Crippen LogP contribution in [0.2, 0.25) is 0 Å². The highest BCUT2D eigenvalue weighted by Crippen LogP contribution is 2.20. The summed E-state index contributed by atoms with van der Waals surface area (Å²) in [5.74, 6) is -2.25. The van der Waals surface area contributed by atoms with Crippen molar-refractivity contribution in [2.24, 2.45) is 5.92 Å². The summed E-state index contributed by atoms with van der Waals surface area (Å²) in [7, 11) is 0. The maximum atomic E-state index is 12.3. The largest absolute Gasteiger partial charge is 0.362 e. The number of hydrogen-bond acceptors (Lipinski definition) is 1. The van der Waals surface area contributed by atoms with E-state index in [1.54, 1.807) is 6.92 Å². The second-order valence-electron chi connectivity index (χ2n) is 2.33. The van der Waals surface area contributed by atoms with Gasteiger partial charge in [-0.15, -0.1) is 0 Å². The Hall–Kier alpha value is -0.110. The van der Waals surface area contributed by atoms with Crippen LogP contribution in [0.25, 0.3) is 0 Å². The van der Waals surface area contributed by atoms with Gasteiger partial charge < -0.3 is 5.11 Å². The third-order valence-corrected chi connectivity index (χ3v) is 1.51. The fourth-order valence-corrected chi connectivity index (χ4v) is 0.373. The van der Waals surface area contributed by atoms with Crippen LogP contribution in [0.3, 0.4) is 0 Å². The molecule has 0 fully saturated rings. The maximum absolute atomic E-state index is 12.3. The molecule has 0 bridgehead atoms. The van der Waals surface area contributed by atoms with Crippen LogP contribution in [-0.4, -0.2) is 11.0 Å². The highest BCUT2D eigenvalue weighted by atomic mass is 19.2. The number of alkyl halides is 1. The molecule has 1 N–H and O–H groups in total. The first-order valence-electron chi connectivity index (χ1n) is 2.89. The van der Waals surface area contributed by atoms with Crippen LogP contribution in [0.15, 0.2) is 0 Å². The molecule has 0 amide bonds. The number of rotatable bonds is 2. The Kier molecular flexibility index (Phi) is 2.41. The lowest BCUT2D eigenvalue weighted by Gasteiger charge is -2.19. The van der Waals surface area contributed by atoms with Gasteiger partial charge in [0.05, 0.1) is 0 Å². The van der Waals surface area contributed by atoms with E-state index in [9.17, 15) is 4.39 Å². The molecule has 0 aliphatic heterocycles. The van der Waals surface area contributed by atoms with Gasteiger partial charge in [0.15, 0.2) is 0 Å². The Bertz CT molecular complexity index is 65.4. The summed E-state index contributed by atoms with van der Waals surface area (Å²) in [5.41, 5.74) is 0. The van der Waals surface area contributed by atoms with Crippen molar-refractivity contribution < 1.29 is 9.50 Å². The first-order chi connectivity index (χ1) is 3.48. The summed E-state index contributed by atoms with van der Waals surface area (Å²) in [5, 5.41) is 8.62. The average molecular weight is 120 g/mol. The maximum Gasteiger partial charge on any atom is 0.206 e. The van der Waals surface area contributed by atoms with Crippen molar-refractivity contribution >= 4 is 0 Å². The van der Waals surface area contributed by atoms with E-state index in [0.717, 1.165) is 0 Å². The molecule has 0 rings (SSSR count). The minimum absolute atomic E-state index is 0.262. The van der Waals surface area contributed by atoms with Gasteiger partial charge >= 0.3 is 0 Å². The molecule has 0 spiro atoms. The van der Waals surface area contributed by atoms with Crippen LogP contribution in [-0.2, 0) is 0 Å². The van der Waals surface area contributed by atoms with E-state index in [1.807, 2.05) is 6.92 Å². The van der Waals surface area contributed by atoms with Crippen molar-refractivity contribution in [3.8, 4) is 0 Å².